The van der Waals surface area contributed by atoms with E-state index in [1.807, 2.05) is 0 Å². The van der Waals surface area contributed by atoms with Crippen LogP contribution in [-0.4, -0.2) is 23.9 Å². The average Bonchev–Trinajstić information content (AvgIpc) is 2.40. The Labute approximate surface area is 120 Å². The number of nitrogens with one attached hydrogen (secondary N) is 1. The maximum absolute atomic E-state index is 11.6. The second-order valence-corrected chi connectivity index (χ2v) is 4.26. The predicted octanol–water partition coefficient (Wildman–Crippen LogP) is 1.14. The van der Waals surface area contributed by atoms with Gasteiger partial charge in [0.25, 0.3) is 5.69 Å². The van der Waals surface area contributed by atoms with Crippen LogP contribution in [0.15, 0.2) is 17.8 Å². The Morgan fingerprint density at radius 2 is 2.05 bits per heavy atom. The molecule has 0 heterocycles. The van der Waals surface area contributed by atoms with Crippen molar-refractivity contribution in [2.75, 3.05) is 12.8 Å². The van der Waals surface area contributed by atoms with Crippen LogP contribution in [-0.2, 0) is 14.3 Å². The molecule has 1 rings (SSSR count). The van der Waals surface area contributed by atoms with Crippen molar-refractivity contribution in [3.05, 3.63) is 39.1 Å². The van der Waals surface area contributed by atoms with Gasteiger partial charge in [0, 0.05) is 13.0 Å². The molecule has 0 bridgehead atoms. The number of benzene rings is 1. The van der Waals surface area contributed by atoms with Crippen LogP contribution < -0.4 is 11.1 Å². The lowest BCUT2D eigenvalue weighted by Gasteiger charge is -2.07. The summed E-state index contributed by atoms with van der Waals surface area (Å²) in [6.07, 6.45) is 1.28. The Bertz CT molecular complexity index is 637. The van der Waals surface area contributed by atoms with E-state index in [0.717, 1.165) is 7.11 Å². The number of nitro groups is 1. The molecule has 21 heavy (non-hydrogen) atoms. The summed E-state index contributed by atoms with van der Waals surface area (Å²) in [5.74, 6) is -1.23. The zero-order chi connectivity index (χ0) is 16.2. The van der Waals surface area contributed by atoms with Crippen molar-refractivity contribution < 1.29 is 19.2 Å². The highest BCUT2D eigenvalue weighted by molar-refractivity contribution is 5.97. The molecular weight excluding hydrogens is 278 g/mol. The number of nitrogen functional groups attached to an aromatic ring is 1. The van der Waals surface area contributed by atoms with Crippen LogP contribution in [0.1, 0.15) is 18.1 Å². The molecule has 1 aromatic carbocycles. The van der Waals surface area contributed by atoms with Crippen molar-refractivity contribution in [2.24, 2.45) is 0 Å². The van der Waals surface area contributed by atoms with Crippen molar-refractivity contribution in [1.29, 1.82) is 0 Å². The maximum atomic E-state index is 11.6. The fourth-order valence-corrected chi connectivity index (χ4v) is 1.65. The number of methoxy groups -OCH3 is 1. The normalized spacial score (nSPS) is 10.9. The van der Waals surface area contributed by atoms with Gasteiger partial charge < -0.3 is 15.8 Å². The van der Waals surface area contributed by atoms with Crippen molar-refractivity contribution in [2.45, 2.75) is 13.8 Å². The van der Waals surface area contributed by atoms with Gasteiger partial charge in [-0.3, -0.25) is 14.9 Å². The van der Waals surface area contributed by atoms with Crippen LogP contribution in [0.4, 0.5) is 11.4 Å². The number of carbonyl (C=O) groups excluding carboxylic acids is 2. The fourth-order valence-electron chi connectivity index (χ4n) is 1.65. The molecule has 1 aromatic rings. The first-order chi connectivity index (χ1) is 9.76. The lowest BCUT2D eigenvalue weighted by molar-refractivity contribution is -0.383. The van der Waals surface area contributed by atoms with E-state index in [1.165, 1.54) is 19.1 Å². The lowest BCUT2D eigenvalue weighted by atomic mass is 10.1. The lowest BCUT2D eigenvalue weighted by Crippen LogP contribution is -2.25. The number of rotatable bonds is 4. The number of aryl methyl sites for hydroxylation is 1. The number of anilines is 1. The first-order valence-corrected chi connectivity index (χ1v) is 5.88. The Morgan fingerprint density at radius 1 is 1.43 bits per heavy atom. The fraction of sp³-hybridized carbons (Fsp3) is 0.231. The van der Waals surface area contributed by atoms with E-state index in [1.54, 1.807) is 13.0 Å². The number of hydrogen-bond acceptors (Lipinski definition) is 6. The second kappa shape index (κ2) is 6.51. The Balaban J connectivity index is 3.36. The van der Waals surface area contributed by atoms with E-state index in [-0.39, 0.29) is 17.1 Å². The van der Waals surface area contributed by atoms with Gasteiger partial charge in [-0.15, -0.1) is 0 Å². The van der Waals surface area contributed by atoms with E-state index in [0.29, 0.717) is 11.1 Å². The molecule has 0 aliphatic rings. The van der Waals surface area contributed by atoms with Gasteiger partial charge in [0.2, 0.25) is 5.91 Å². The molecule has 0 saturated carbocycles. The van der Waals surface area contributed by atoms with Crippen LogP contribution in [0, 0.1) is 17.0 Å². The largest absolute Gasteiger partial charge is 0.464 e. The second-order valence-electron chi connectivity index (χ2n) is 4.26. The molecular formula is C13H15N3O5. The molecule has 0 saturated heterocycles. The van der Waals surface area contributed by atoms with Crippen LogP contribution >= 0.6 is 0 Å². The van der Waals surface area contributed by atoms with Gasteiger partial charge in [-0.1, -0.05) is 0 Å². The smallest absolute Gasteiger partial charge is 0.354 e. The highest BCUT2D eigenvalue weighted by Crippen LogP contribution is 2.27. The molecule has 0 aliphatic heterocycles. The molecule has 112 valence electrons. The molecule has 0 aromatic heterocycles. The first-order valence-electron chi connectivity index (χ1n) is 5.88. The average molecular weight is 293 g/mol. The van der Waals surface area contributed by atoms with Crippen molar-refractivity contribution in [3.63, 3.8) is 0 Å². The Hall–Kier alpha value is -2.90. The number of nitro benzene ring substituents is 1. The molecule has 0 aliphatic carbocycles. The number of nitrogens with zero attached hydrogens (tertiary/aromatic N) is 1. The molecule has 0 spiro atoms. The first kappa shape index (κ1) is 16.2. The number of ether oxygens (including phenoxy) is 1. The zero-order valence-corrected chi connectivity index (χ0v) is 11.8. The van der Waals surface area contributed by atoms with Gasteiger partial charge >= 0.3 is 5.97 Å². The number of carbonyl (C=O) groups is 2. The predicted molar refractivity (Wildman–Crippen MR) is 76.1 cm³/mol. The molecule has 0 atom stereocenters. The molecule has 8 nitrogen and oxygen atoms in total. The third kappa shape index (κ3) is 4.03. The van der Waals surface area contributed by atoms with Gasteiger partial charge in [-0.05, 0) is 30.2 Å². The maximum Gasteiger partial charge on any atom is 0.354 e. The Kier molecular flexibility index (Phi) is 5.01. The molecule has 0 unspecified atom stereocenters. The Morgan fingerprint density at radius 3 is 2.52 bits per heavy atom. The van der Waals surface area contributed by atoms with Crippen LogP contribution in [0.2, 0.25) is 0 Å². The van der Waals surface area contributed by atoms with Gasteiger partial charge in [-0.25, -0.2) is 4.79 Å². The minimum absolute atomic E-state index is 0.0521. The summed E-state index contributed by atoms with van der Waals surface area (Å²) in [5.41, 5.74) is 6.12. The molecule has 1 amide bonds. The van der Waals surface area contributed by atoms with E-state index in [2.05, 4.69) is 10.1 Å². The molecule has 3 N–H and O–H groups in total. The topological polar surface area (TPSA) is 125 Å². The number of amides is 1. The van der Waals surface area contributed by atoms with Crippen LogP contribution in [0.3, 0.4) is 0 Å². The third-order valence-electron chi connectivity index (χ3n) is 2.61. The van der Waals surface area contributed by atoms with E-state index in [9.17, 15) is 19.7 Å². The zero-order valence-electron chi connectivity index (χ0n) is 11.8. The van der Waals surface area contributed by atoms with Crippen molar-refractivity contribution in [3.8, 4) is 0 Å². The van der Waals surface area contributed by atoms with Gasteiger partial charge in [-0.2, -0.15) is 0 Å². The van der Waals surface area contributed by atoms with Gasteiger partial charge in [0.15, 0.2) is 0 Å². The number of nitrogens with two attached hydrogens (primary N) is 1. The van der Waals surface area contributed by atoms with Crippen molar-refractivity contribution in [1.82, 2.24) is 5.32 Å². The van der Waals surface area contributed by atoms with Crippen molar-refractivity contribution >= 4 is 29.3 Å². The minimum atomic E-state index is -0.762. The summed E-state index contributed by atoms with van der Waals surface area (Å²) < 4.78 is 4.54. The summed E-state index contributed by atoms with van der Waals surface area (Å²) in [4.78, 5) is 32.9. The minimum Gasteiger partial charge on any atom is -0.464 e. The van der Waals surface area contributed by atoms with Gasteiger partial charge in [0.05, 0.1) is 12.0 Å². The highest BCUT2D eigenvalue weighted by atomic mass is 16.6. The summed E-state index contributed by atoms with van der Waals surface area (Å²) in [7, 11) is 1.16. The SMILES string of the molecule is COC(=O)C(=Cc1cc(C)c(N)c([N+](=O)[O-])c1)NC(C)=O. The molecule has 0 fully saturated rings. The van der Waals surface area contributed by atoms with E-state index >= 15 is 0 Å². The van der Waals surface area contributed by atoms with Crippen LogP contribution in [0.25, 0.3) is 6.08 Å². The highest BCUT2D eigenvalue weighted by Gasteiger charge is 2.16. The standard InChI is InChI=1S/C13H15N3O5/c1-7-4-9(6-11(12(7)14)16(19)20)5-10(13(18)21-3)15-8(2)17/h4-6H,14H2,1-3H3,(H,15,17). The summed E-state index contributed by atoms with van der Waals surface area (Å²) in [5, 5.41) is 13.2. The molecule has 0 radical (unpaired) electrons. The summed E-state index contributed by atoms with van der Waals surface area (Å²) in [6, 6.07) is 2.78. The van der Waals surface area contributed by atoms with Gasteiger partial charge in [0.1, 0.15) is 11.4 Å². The van der Waals surface area contributed by atoms with E-state index in [4.69, 9.17) is 5.73 Å². The number of hydrogen-bond donors (Lipinski definition) is 2. The molecule has 8 heteroatoms. The summed E-state index contributed by atoms with van der Waals surface area (Å²) in [6.45, 7) is 2.84. The van der Waals surface area contributed by atoms with Crippen LogP contribution in [0.5, 0.6) is 0 Å². The van der Waals surface area contributed by atoms with E-state index < -0.39 is 16.8 Å². The summed E-state index contributed by atoms with van der Waals surface area (Å²) >= 11 is 0. The third-order valence-corrected chi connectivity index (χ3v) is 2.61. The quantitative estimate of drug-likeness (QED) is 0.282. The number of esters is 1. The monoisotopic (exact) mass is 293 g/mol.